The van der Waals surface area contributed by atoms with E-state index in [1.165, 1.54) is 6.42 Å². The maximum absolute atomic E-state index is 12.0. The van der Waals surface area contributed by atoms with E-state index in [0.717, 1.165) is 42.1 Å². The molecule has 1 aromatic heterocycles. The van der Waals surface area contributed by atoms with Crippen molar-refractivity contribution < 1.29 is 14.7 Å². The van der Waals surface area contributed by atoms with Gasteiger partial charge in [0.05, 0.1) is 6.10 Å². The molecular weight excluding hydrogens is 318 g/mol. The first-order valence-corrected chi connectivity index (χ1v) is 8.87. The number of aliphatic hydroxyl groups excluding tert-OH is 1. The van der Waals surface area contributed by atoms with Gasteiger partial charge in [-0.05, 0) is 18.9 Å². The largest absolute Gasteiger partial charge is 0.386 e. The number of aromatic nitrogens is 1. The zero-order valence-corrected chi connectivity index (χ0v) is 14.5. The van der Waals surface area contributed by atoms with Crippen molar-refractivity contribution in [1.82, 2.24) is 15.2 Å². The Labute approximate surface area is 147 Å². The third-order valence-corrected chi connectivity index (χ3v) is 4.89. The van der Waals surface area contributed by atoms with Crippen LogP contribution in [0.4, 0.5) is 0 Å². The Bertz CT molecular complexity index is 762. The Morgan fingerprint density at radius 1 is 1.20 bits per heavy atom. The number of hydrogen-bond acceptors (Lipinski definition) is 3. The lowest BCUT2D eigenvalue weighted by atomic mass is 9.95. The highest BCUT2D eigenvalue weighted by Gasteiger charge is 2.22. The number of fused-ring (bicyclic) bond motifs is 1. The Morgan fingerprint density at radius 2 is 1.92 bits per heavy atom. The second kappa shape index (κ2) is 7.70. The number of carbonyl (C=O) groups is 2. The van der Waals surface area contributed by atoms with Crippen molar-refractivity contribution in [1.29, 1.82) is 0 Å². The zero-order chi connectivity index (χ0) is 17.8. The van der Waals surface area contributed by atoms with Crippen molar-refractivity contribution in [2.24, 2.45) is 7.05 Å². The quantitative estimate of drug-likeness (QED) is 0.740. The van der Waals surface area contributed by atoms with E-state index in [1.807, 2.05) is 42.1 Å². The summed E-state index contributed by atoms with van der Waals surface area (Å²) in [5, 5.41) is 16.7. The van der Waals surface area contributed by atoms with E-state index in [4.69, 9.17) is 0 Å². The highest BCUT2D eigenvalue weighted by atomic mass is 16.3. The van der Waals surface area contributed by atoms with Crippen LogP contribution in [0.25, 0.3) is 10.9 Å². The van der Waals surface area contributed by atoms with Gasteiger partial charge in [0.15, 0.2) is 0 Å². The van der Waals surface area contributed by atoms with Crippen molar-refractivity contribution in [2.75, 3.05) is 6.54 Å². The summed E-state index contributed by atoms with van der Waals surface area (Å²) in [4.78, 5) is 23.9. The minimum atomic E-state index is -0.863. The van der Waals surface area contributed by atoms with Crippen molar-refractivity contribution in [2.45, 2.75) is 44.2 Å². The van der Waals surface area contributed by atoms with Gasteiger partial charge in [0.25, 0.3) is 0 Å². The minimum absolute atomic E-state index is 0.00489. The highest BCUT2D eigenvalue weighted by molar-refractivity contribution is 6.35. The molecule has 3 N–H and O–H groups in total. The number of hydrogen-bond donors (Lipinski definition) is 3. The van der Waals surface area contributed by atoms with Gasteiger partial charge in [-0.1, -0.05) is 37.5 Å². The fourth-order valence-corrected chi connectivity index (χ4v) is 3.52. The molecule has 1 aromatic carbocycles. The molecule has 0 aliphatic heterocycles. The molecule has 25 heavy (non-hydrogen) atoms. The van der Waals surface area contributed by atoms with E-state index < -0.39 is 17.9 Å². The second-order valence-corrected chi connectivity index (χ2v) is 6.75. The highest BCUT2D eigenvalue weighted by Crippen LogP contribution is 2.25. The number of aliphatic hydroxyl groups is 1. The first-order valence-electron chi connectivity index (χ1n) is 8.87. The number of nitrogens with zero attached hydrogens (tertiary/aromatic N) is 1. The van der Waals surface area contributed by atoms with Crippen LogP contribution in [0, 0.1) is 0 Å². The van der Waals surface area contributed by atoms with E-state index in [1.54, 1.807) is 0 Å². The molecule has 1 aliphatic carbocycles. The Hall–Kier alpha value is -2.34. The van der Waals surface area contributed by atoms with E-state index >= 15 is 0 Å². The number of amides is 2. The monoisotopic (exact) mass is 343 g/mol. The second-order valence-electron chi connectivity index (χ2n) is 6.75. The van der Waals surface area contributed by atoms with Crippen LogP contribution in [0.2, 0.25) is 0 Å². The number of nitrogens with one attached hydrogen (secondary N) is 2. The number of para-hydroxylation sites is 1. The fraction of sp³-hybridized carbons (Fsp3) is 0.474. The third-order valence-electron chi connectivity index (χ3n) is 4.89. The standard InChI is InChI=1S/C19H25N3O3/c1-22-12-15(14-9-5-6-10-16(14)22)17(23)11-20-18(24)19(25)21-13-7-3-2-4-8-13/h5-6,9-10,12-13,17,23H,2-4,7-8,11H2,1H3,(H,20,24)(H,21,25). The fourth-order valence-electron chi connectivity index (χ4n) is 3.52. The number of benzene rings is 1. The van der Waals surface area contributed by atoms with Gasteiger partial charge >= 0.3 is 11.8 Å². The lowest BCUT2D eigenvalue weighted by Gasteiger charge is -2.22. The van der Waals surface area contributed by atoms with Crippen LogP contribution >= 0.6 is 0 Å². The molecule has 2 amide bonds. The van der Waals surface area contributed by atoms with Gasteiger partial charge in [-0.2, -0.15) is 0 Å². The molecular formula is C19H25N3O3. The Balaban J connectivity index is 1.56. The molecule has 1 saturated carbocycles. The molecule has 1 heterocycles. The minimum Gasteiger partial charge on any atom is -0.386 e. The summed E-state index contributed by atoms with van der Waals surface area (Å²) in [6.07, 6.45) is 6.21. The molecule has 1 aliphatic rings. The Kier molecular flexibility index (Phi) is 5.38. The van der Waals surface area contributed by atoms with Gasteiger partial charge in [-0.25, -0.2) is 0 Å². The van der Waals surface area contributed by atoms with Crippen LogP contribution in [-0.4, -0.2) is 34.1 Å². The number of aryl methyl sites for hydroxylation is 1. The van der Waals surface area contributed by atoms with Crippen molar-refractivity contribution in [3.63, 3.8) is 0 Å². The Morgan fingerprint density at radius 3 is 2.68 bits per heavy atom. The molecule has 0 bridgehead atoms. The van der Waals surface area contributed by atoms with Crippen molar-refractivity contribution >= 4 is 22.7 Å². The SMILES string of the molecule is Cn1cc(C(O)CNC(=O)C(=O)NC2CCCCC2)c2ccccc21. The van der Waals surface area contributed by atoms with Gasteiger partial charge < -0.3 is 20.3 Å². The third kappa shape index (κ3) is 4.02. The number of carbonyl (C=O) groups excluding carboxylic acids is 2. The normalized spacial score (nSPS) is 16.6. The summed E-state index contributed by atoms with van der Waals surface area (Å²) >= 11 is 0. The van der Waals surface area contributed by atoms with Gasteiger partial charge in [0.2, 0.25) is 0 Å². The lowest BCUT2D eigenvalue weighted by molar-refractivity contribution is -0.140. The molecule has 134 valence electrons. The van der Waals surface area contributed by atoms with Crippen molar-refractivity contribution in [3.8, 4) is 0 Å². The first-order chi connectivity index (χ1) is 12.1. The van der Waals surface area contributed by atoms with Gasteiger partial charge in [0.1, 0.15) is 0 Å². The summed E-state index contributed by atoms with van der Waals surface area (Å²) in [5.74, 6) is -1.30. The molecule has 2 aromatic rings. The summed E-state index contributed by atoms with van der Waals surface area (Å²) in [6.45, 7) is 0.00489. The molecule has 0 saturated heterocycles. The molecule has 1 atom stereocenters. The molecule has 0 spiro atoms. The van der Waals surface area contributed by atoms with Crippen LogP contribution in [-0.2, 0) is 16.6 Å². The number of rotatable bonds is 4. The van der Waals surface area contributed by atoms with E-state index in [-0.39, 0.29) is 12.6 Å². The molecule has 1 fully saturated rings. The molecule has 6 heteroatoms. The van der Waals surface area contributed by atoms with Gasteiger partial charge in [0, 0.05) is 42.3 Å². The van der Waals surface area contributed by atoms with Gasteiger partial charge in [-0.3, -0.25) is 9.59 Å². The average Bonchev–Trinajstić information content (AvgIpc) is 2.97. The van der Waals surface area contributed by atoms with E-state index in [0.29, 0.717) is 0 Å². The van der Waals surface area contributed by atoms with Crippen LogP contribution < -0.4 is 10.6 Å². The average molecular weight is 343 g/mol. The topological polar surface area (TPSA) is 83.4 Å². The predicted molar refractivity (Wildman–Crippen MR) is 95.9 cm³/mol. The zero-order valence-electron chi connectivity index (χ0n) is 14.5. The summed E-state index contributed by atoms with van der Waals surface area (Å²) in [5.41, 5.74) is 1.75. The summed E-state index contributed by atoms with van der Waals surface area (Å²) in [6, 6.07) is 7.85. The van der Waals surface area contributed by atoms with Crippen LogP contribution in [0.15, 0.2) is 30.5 Å². The van der Waals surface area contributed by atoms with Crippen molar-refractivity contribution in [3.05, 3.63) is 36.0 Å². The van der Waals surface area contributed by atoms with Crippen LogP contribution in [0.3, 0.4) is 0 Å². The van der Waals surface area contributed by atoms with Crippen LogP contribution in [0.5, 0.6) is 0 Å². The predicted octanol–water partition coefficient (Wildman–Crippen LogP) is 1.78. The molecule has 3 rings (SSSR count). The molecule has 1 unspecified atom stereocenters. The van der Waals surface area contributed by atoms with E-state index in [9.17, 15) is 14.7 Å². The van der Waals surface area contributed by atoms with E-state index in [2.05, 4.69) is 10.6 Å². The first kappa shape index (κ1) is 17.5. The summed E-state index contributed by atoms with van der Waals surface area (Å²) < 4.78 is 1.94. The maximum atomic E-state index is 12.0. The smallest absolute Gasteiger partial charge is 0.309 e. The lowest BCUT2D eigenvalue weighted by Crippen LogP contribution is -2.46. The summed E-state index contributed by atoms with van der Waals surface area (Å²) in [7, 11) is 1.91. The maximum Gasteiger partial charge on any atom is 0.309 e. The molecule has 0 radical (unpaired) electrons. The van der Waals surface area contributed by atoms with Gasteiger partial charge in [-0.15, -0.1) is 0 Å². The van der Waals surface area contributed by atoms with Crippen LogP contribution in [0.1, 0.15) is 43.8 Å². The molecule has 6 nitrogen and oxygen atoms in total.